The third kappa shape index (κ3) is 50.6. The van der Waals surface area contributed by atoms with Gasteiger partial charge in [0.15, 0.2) is 18.9 Å². The van der Waals surface area contributed by atoms with Gasteiger partial charge in [-0.2, -0.15) is 0 Å². The molecule has 0 aliphatic carbocycles. The minimum Gasteiger partial charge on any atom is -0.394 e. The van der Waals surface area contributed by atoms with Crippen LogP contribution in [0.5, 0.6) is 0 Å². The van der Waals surface area contributed by atoms with Gasteiger partial charge in [0.05, 0.1) is 38.6 Å². The third-order valence-corrected chi connectivity index (χ3v) is 23.4. The average molecular weight is 1590 g/mol. The summed E-state index contributed by atoms with van der Waals surface area (Å²) in [4.78, 5) is 13.6. The van der Waals surface area contributed by atoms with Crippen LogP contribution in [-0.4, -0.2) is 193 Å². The molecule has 17 atom stereocenters. The van der Waals surface area contributed by atoms with E-state index in [0.29, 0.717) is 12.8 Å². The molecule has 12 N–H and O–H groups in total. The lowest BCUT2D eigenvalue weighted by Crippen LogP contribution is -2.66. The summed E-state index contributed by atoms with van der Waals surface area (Å²) in [5, 5.41) is 121. The Labute approximate surface area is 682 Å². The standard InChI is InChI=1S/C93H173NO18/c1-3-5-7-9-11-13-15-17-19-21-23-25-27-29-31-32-33-34-35-36-37-38-39-40-41-42-43-44-45-47-49-51-53-55-57-59-61-63-65-67-69-71-81(99)94-76(77(98)70-68-66-64-62-60-58-56-54-52-50-48-46-30-28-26-24-22-20-18-16-14-12-10-8-6-4-2)75-107-91-87(105)84(102)89(79(73-96)109-91)112-93-88(106)85(103)90(80(74-97)110-93)111-92-86(104)83(101)82(100)78(72-95)108-92/h5,7,11,13,17,19,23,25,76-80,82-93,95-98,100-106H,3-4,6,8-10,12,14-16,18,20-22,24,26-75H2,1-2H3,(H,94,99)/b7-5-,13-11-,19-17-,25-23-. The maximum atomic E-state index is 13.6. The summed E-state index contributed by atoms with van der Waals surface area (Å²) in [6.45, 7) is 1.76. The number of ether oxygens (including phenoxy) is 6. The monoisotopic (exact) mass is 1590 g/mol. The Kier molecular flexibility index (Phi) is 67.5. The molecule has 3 fully saturated rings. The molecule has 0 spiro atoms. The van der Waals surface area contributed by atoms with Crippen LogP contribution in [0.25, 0.3) is 0 Å². The van der Waals surface area contributed by atoms with Gasteiger partial charge in [0.25, 0.3) is 0 Å². The second-order valence-corrected chi connectivity index (χ2v) is 33.5. The number of nitrogens with one attached hydrogen (secondary N) is 1. The molecule has 3 aliphatic heterocycles. The molecule has 1 amide bonds. The van der Waals surface area contributed by atoms with Gasteiger partial charge >= 0.3 is 0 Å². The smallest absolute Gasteiger partial charge is 0.220 e. The Morgan fingerprint density at radius 1 is 0.330 bits per heavy atom. The van der Waals surface area contributed by atoms with Gasteiger partial charge in [0, 0.05) is 6.42 Å². The van der Waals surface area contributed by atoms with E-state index in [4.69, 9.17) is 28.4 Å². The molecule has 112 heavy (non-hydrogen) atoms. The highest BCUT2D eigenvalue weighted by molar-refractivity contribution is 5.76. The summed E-state index contributed by atoms with van der Waals surface area (Å²) >= 11 is 0. The second kappa shape index (κ2) is 72.7. The minimum absolute atomic E-state index is 0.233. The molecule has 0 aromatic heterocycles. The van der Waals surface area contributed by atoms with Gasteiger partial charge < -0.3 is 89.9 Å². The highest BCUT2D eigenvalue weighted by atomic mass is 16.8. The number of carbonyl (C=O) groups excluding carboxylic acids is 1. The first-order valence-electron chi connectivity index (χ1n) is 46.9. The molecule has 0 radical (unpaired) electrons. The molecule has 0 aromatic rings. The van der Waals surface area contributed by atoms with Crippen LogP contribution in [0, 0.1) is 0 Å². The van der Waals surface area contributed by atoms with Crippen LogP contribution in [0.1, 0.15) is 406 Å². The summed E-state index contributed by atoms with van der Waals surface area (Å²) in [5.41, 5.74) is 0. The molecular weight excluding hydrogens is 1420 g/mol. The Bertz CT molecular complexity index is 2200. The summed E-state index contributed by atoms with van der Waals surface area (Å²) in [6.07, 6.45) is 68.1. The fourth-order valence-corrected chi connectivity index (χ4v) is 16.0. The van der Waals surface area contributed by atoms with Gasteiger partial charge in [-0.1, -0.05) is 396 Å². The number of unbranched alkanes of at least 4 members (excludes halogenated alkanes) is 53. The van der Waals surface area contributed by atoms with Crippen molar-refractivity contribution in [1.82, 2.24) is 5.32 Å². The first-order valence-corrected chi connectivity index (χ1v) is 46.9. The number of carbonyl (C=O) groups is 1. The Morgan fingerprint density at radius 2 is 0.616 bits per heavy atom. The van der Waals surface area contributed by atoms with E-state index >= 15 is 0 Å². The zero-order valence-electron chi connectivity index (χ0n) is 71.2. The molecule has 0 bridgehead atoms. The fraction of sp³-hybridized carbons (Fsp3) is 0.903. The van der Waals surface area contributed by atoms with E-state index in [1.807, 2.05) is 0 Å². The molecule has 658 valence electrons. The number of hydrogen-bond donors (Lipinski definition) is 12. The van der Waals surface area contributed by atoms with Crippen LogP contribution in [0.2, 0.25) is 0 Å². The van der Waals surface area contributed by atoms with E-state index in [9.17, 15) is 61.0 Å². The minimum atomic E-state index is -1.97. The summed E-state index contributed by atoms with van der Waals surface area (Å²) in [5.74, 6) is -0.233. The van der Waals surface area contributed by atoms with E-state index in [1.165, 1.54) is 302 Å². The van der Waals surface area contributed by atoms with Crippen LogP contribution in [0.15, 0.2) is 48.6 Å². The topological polar surface area (TPSA) is 307 Å². The highest BCUT2D eigenvalue weighted by Gasteiger charge is 2.54. The van der Waals surface area contributed by atoms with Crippen LogP contribution < -0.4 is 5.32 Å². The number of hydrogen-bond acceptors (Lipinski definition) is 18. The third-order valence-electron chi connectivity index (χ3n) is 23.4. The zero-order chi connectivity index (χ0) is 81.0. The number of aliphatic hydroxyl groups is 11. The quantitative estimate of drug-likeness (QED) is 0.0199. The van der Waals surface area contributed by atoms with Gasteiger partial charge in [0.1, 0.15) is 73.2 Å². The van der Waals surface area contributed by atoms with Crippen LogP contribution in [-0.2, 0) is 33.2 Å². The van der Waals surface area contributed by atoms with Crippen molar-refractivity contribution in [2.45, 2.75) is 510 Å². The Hall–Kier alpha value is -2.25. The van der Waals surface area contributed by atoms with Gasteiger partial charge in [-0.3, -0.25) is 4.79 Å². The Morgan fingerprint density at radius 3 is 0.964 bits per heavy atom. The van der Waals surface area contributed by atoms with Crippen molar-refractivity contribution in [3.8, 4) is 0 Å². The van der Waals surface area contributed by atoms with E-state index in [0.717, 1.165) is 70.6 Å². The lowest BCUT2D eigenvalue weighted by molar-refractivity contribution is -0.379. The van der Waals surface area contributed by atoms with E-state index in [-0.39, 0.29) is 18.9 Å². The molecule has 3 saturated heterocycles. The predicted octanol–water partition coefficient (Wildman–Crippen LogP) is 18.4. The summed E-state index contributed by atoms with van der Waals surface area (Å²) < 4.78 is 34.6. The van der Waals surface area contributed by atoms with Gasteiger partial charge in [-0.15, -0.1) is 0 Å². The van der Waals surface area contributed by atoms with Crippen molar-refractivity contribution in [3.63, 3.8) is 0 Å². The van der Waals surface area contributed by atoms with Crippen LogP contribution in [0.3, 0.4) is 0 Å². The number of rotatable bonds is 77. The molecule has 19 heteroatoms. The molecule has 0 aromatic carbocycles. The maximum absolute atomic E-state index is 13.6. The molecule has 0 saturated carbocycles. The lowest BCUT2D eigenvalue weighted by atomic mass is 9.96. The van der Waals surface area contributed by atoms with Crippen molar-refractivity contribution in [1.29, 1.82) is 0 Å². The first-order chi connectivity index (χ1) is 54.8. The molecule has 17 unspecified atom stereocenters. The molecule has 3 aliphatic rings. The highest BCUT2D eigenvalue weighted by Crippen LogP contribution is 2.34. The molecule has 3 heterocycles. The van der Waals surface area contributed by atoms with Crippen LogP contribution >= 0.6 is 0 Å². The van der Waals surface area contributed by atoms with Crippen molar-refractivity contribution in [2.24, 2.45) is 0 Å². The van der Waals surface area contributed by atoms with E-state index in [2.05, 4.69) is 67.8 Å². The summed E-state index contributed by atoms with van der Waals surface area (Å²) in [7, 11) is 0. The largest absolute Gasteiger partial charge is 0.394 e. The average Bonchev–Trinajstić information content (AvgIpc) is 0.781. The van der Waals surface area contributed by atoms with Crippen molar-refractivity contribution >= 4 is 5.91 Å². The SMILES string of the molecule is CC/C=C\C/C=C\C/C=C\C/C=C\CCCCCCCCCCCCCCCCCCCCCCCCCCCCCCC(=O)NC(COC1OC(CO)C(OC2OC(CO)C(OC3OC(CO)C(O)C(O)C3O)C(O)C2O)C(O)C1O)C(O)CCCCCCCCCCCCCCCCCCCCCCCCCCCC. The number of allylic oxidation sites excluding steroid dienone is 8. The summed E-state index contributed by atoms with van der Waals surface area (Å²) in [6, 6.07) is -0.887. The first kappa shape index (κ1) is 104. The normalized spacial score (nSPS) is 25.1. The molecular formula is C93H173NO18. The fourth-order valence-electron chi connectivity index (χ4n) is 16.0. The number of aliphatic hydroxyl groups excluding tert-OH is 11. The number of amides is 1. The van der Waals surface area contributed by atoms with Gasteiger partial charge in [-0.05, 0) is 51.4 Å². The molecule has 3 rings (SSSR count). The van der Waals surface area contributed by atoms with Gasteiger partial charge in [0.2, 0.25) is 5.91 Å². The van der Waals surface area contributed by atoms with Crippen molar-refractivity contribution in [3.05, 3.63) is 48.6 Å². The predicted molar refractivity (Wildman–Crippen MR) is 452 cm³/mol. The van der Waals surface area contributed by atoms with E-state index in [1.54, 1.807) is 0 Å². The second-order valence-electron chi connectivity index (χ2n) is 33.5. The van der Waals surface area contributed by atoms with Crippen molar-refractivity contribution < 1.29 is 89.4 Å². The maximum Gasteiger partial charge on any atom is 0.220 e. The van der Waals surface area contributed by atoms with Gasteiger partial charge in [-0.25, -0.2) is 0 Å². The lowest BCUT2D eigenvalue weighted by Gasteiger charge is -2.48. The van der Waals surface area contributed by atoms with Crippen LogP contribution in [0.4, 0.5) is 0 Å². The zero-order valence-corrected chi connectivity index (χ0v) is 71.2. The van der Waals surface area contributed by atoms with Crippen molar-refractivity contribution in [2.75, 3.05) is 26.4 Å². The molecule has 19 nitrogen and oxygen atoms in total. The van der Waals surface area contributed by atoms with E-state index < -0.39 is 124 Å². The Balaban J connectivity index is 1.28.